The highest BCUT2D eigenvalue weighted by Gasteiger charge is 2.17. The van der Waals surface area contributed by atoms with Crippen molar-refractivity contribution in [2.75, 3.05) is 6.54 Å². The van der Waals surface area contributed by atoms with Crippen LogP contribution in [0.2, 0.25) is 0 Å². The van der Waals surface area contributed by atoms with Gasteiger partial charge in [-0.1, -0.05) is 31.9 Å². The van der Waals surface area contributed by atoms with Crippen LogP contribution in [0.3, 0.4) is 0 Å². The van der Waals surface area contributed by atoms with Crippen LogP contribution in [0, 0.1) is 6.92 Å². The fourth-order valence-corrected chi connectivity index (χ4v) is 3.37. The largest absolute Gasteiger partial charge is 0.255 e. The van der Waals surface area contributed by atoms with Gasteiger partial charge in [0.15, 0.2) is 0 Å². The van der Waals surface area contributed by atoms with Gasteiger partial charge in [0, 0.05) is 18.1 Å². The summed E-state index contributed by atoms with van der Waals surface area (Å²) < 4.78 is 27.3. The van der Waals surface area contributed by atoms with Gasteiger partial charge in [-0.15, -0.1) is 0 Å². The summed E-state index contributed by atoms with van der Waals surface area (Å²) in [7, 11) is -3.49. The molecule has 0 bridgehead atoms. The molecule has 5 heteroatoms. The second kappa shape index (κ2) is 6.33. The van der Waals surface area contributed by atoms with Gasteiger partial charge < -0.3 is 0 Å². The minimum absolute atomic E-state index is 0.256. The summed E-state index contributed by atoms with van der Waals surface area (Å²) in [5.74, 6) is 0. The molecule has 0 radical (unpaired) electrons. The smallest absolute Gasteiger partial charge is 0.242 e. The Bertz CT molecular complexity index is 696. The maximum absolute atomic E-state index is 12.3. The molecule has 108 valence electrons. The topological polar surface area (TPSA) is 59.1 Å². The van der Waals surface area contributed by atoms with E-state index in [4.69, 9.17) is 0 Å². The lowest BCUT2D eigenvalue weighted by molar-refractivity contribution is 0.576. The van der Waals surface area contributed by atoms with Crippen molar-refractivity contribution in [3.63, 3.8) is 0 Å². The number of benzene rings is 1. The van der Waals surface area contributed by atoms with E-state index < -0.39 is 10.0 Å². The van der Waals surface area contributed by atoms with Crippen molar-refractivity contribution in [1.82, 2.24) is 9.71 Å². The Morgan fingerprint density at radius 3 is 2.80 bits per heavy atom. The highest BCUT2D eigenvalue weighted by molar-refractivity contribution is 7.89. The van der Waals surface area contributed by atoms with E-state index in [1.165, 1.54) is 0 Å². The number of fused-ring (bicyclic) bond motifs is 1. The van der Waals surface area contributed by atoms with Crippen LogP contribution in [0.1, 0.15) is 31.7 Å². The van der Waals surface area contributed by atoms with Gasteiger partial charge in [-0.05, 0) is 31.0 Å². The fraction of sp³-hybridized carbons (Fsp3) is 0.400. The maximum atomic E-state index is 12.3. The second-order valence-electron chi connectivity index (χ2n) is 4.95. The van der Waals surface area contributed by atoms with Gasteiger partial charge in [0.25, 0.3) is 0 Å². The van der Waals surface area contributed by atoms with Crippen LogP contribution in [-0.4, -0.2) is 19.9 Å². The molecule has 0 fully saturated rings. The quantitative estimate of drug-likeness (QED) is 0.833. The Morgan fingerprint density at radius 2 is 2.05 bits per heavy atom. The number of aryl methyl sites for hydroxylation is 1. The van der Waals surface area contributed by atoms with Crippen LogP contribution in [0.15, 0.2) is 35.4 Å². The van der Waals surface area contributed by atoms with Gasteiger partial charge in [-0.2, -0.15) is 0 Å². The van der Waals surface area contributed by atoms with Crippen molar-refractivity contribution in [1.29, 1.82) is 0 Å². The van der Waals surface area contributed by atoms with Crippen LogP contribution >= 0.6 is 0 Å². The molecule has 0 atom stereocenters. The minimum atomic E-state index is -3.49. The molecular weight excluding hydrogens is 272 g/mol. The lowest BCUT2D eigenvalue weighted by atomic mass is 10.2. The highest BCUT2D eigenvalue weighted by Crippen LogP contribution is 2.21. The van der Waals surface area contributed by atoms with Crippen LogP contribution in [-0.2, 0) is 10.0 Å². The normalized spacial score (nSPS) is 11.9. The standard InChI is InChI=1S/C15H20N2O2S/c1-3-4-5-9-17-20(18,19)14-8-6-7-13-10-12(2)11-16-15(13)14/h6-8,10-11,17H,3-5,9H2,1-2H3. The lowest BCUT2D eigenvalue weighted by Gasteiger charge is -2.09. The van der Waals surface area contributed by atoms with Crippen molar-refractivity contribution >= 4 is 20.9 Å². The molecule has 20 heavy (non-hydrogen) atoms. The number of para-hydroxylation sites is 1. The van der Waals surface area contributed by atoms with E-state index in [1.807, 2.05) is 19.1 Å². The zero-order valence-electron chi connectivity index (χ0n) is 11.9. The van der Waals surface area contributed by atoms with Crippen molar-refractivity contribution in [2.45, 2.75) is 38.0 Å². The molecule has 2 rings (SSSR count). The van der Waals surface area contributed by atoms with E-state index in [0.717, 1.165) is 30.2 Å². The first-order valence-electron chi connectivity index (χ1n) is 6.89. The molecule has 1 aromatic heterocycles. The lowest BCUT2D eigenvalue weighted by Crippen LogP contribution is -2.25. The summed E-state index contributed by atoms with van der Waals surface area (Å²) >= 11 is 0. The Hall–Kier alpha value is -1.46. The molecule has 0 unspecified atom stereocenters. The summed E-state index contributed by atoms with van der Waals surface area (Å²) in [6.07, 6.45) is 4.64. The molecule has 0 aliphatic heterocycles. The van der Waals surface area contributed by atoms with E-state index in [0.29, 0.717) is 12.1 Å². The number of hydrogen-bond acceptors (Lipinski definition) is 3. The van der Waals surface area contributed by atoms with Crippen LogP contribution in [0.5, 0.6) is 0 Å². The first-order chi connectivity index (χ1) is 9.54. The average molecular weight is 292 g/mol. The molecule has 2 aromatic rings. The summed E-state index contributed by atoms with van der Waals surface area (Å²) in [6, 6.07) is 7.18. The van der Waals surface area contributed by atoms with Gasteiger partial charge in [-0.25, -0.2) is 13.1 Å². The van der Waals surface area contributed by atoms with E-state index >= 15 is 0 Å². The third kappa shape index (κ3) is 3.35. The van der Waals surface area contributed by atoms with Gasteiger partial charge >= 0.3 is 0 Å². The van der Waals surface area contributed by atoms with Crippen LogP contribution < -0.4 is 4.72 Å². The van der Waals surface area contributed by atoms with Gasteiger partial charge in [-0.3, -0.25) is 4.98 Å². The minimum Gasteiger partial charge on any atom is -0.255 e. The molecule has 4 nitrogen and oxygen atoms in total. The summed E-state index contributed by atoms with van der Waals surface area (Å²) in [5, 5.41) is 0.849. The SMILES string of the molecule is CCCCCNS(=O)(=O)c1cccc2cc(C)cnc12. The average Bonchev–Trinajstić information content (AvgIpc) is 2.42. The number of nitrogens with one attached hydrogen (secondary N) is 1. The number of unbranched alkanes of at least 4 members (excludes halogenated alkanes) is 2. The number of rotatable bonds is 6. The molecular formula is C15H20N2O2S. The predicted molar refractivity (Wildman–Crippen MR) is 81.2 cm³/mol. The molecule has 0 aliphatic rings. The van der Waals surface area contributed by atoms with Crippen molar-refractivity contribution in [2.24, 2.45) is 0 Å². The maximum Gasteiger partial charge on any atom is 0.242 e. The van der Waals surface area contributed by atoms with Crippen LogP contribution in [0.25, 0.3) is 10.9 Å². The Labute approximate surface area is 120 Å². The van der Waals surface area contributed by atoms with Crippen molar-refractivity contribution in [3.05, 3.63) is 36.0 Å². The molecule has 0 amide bonds. The highest BCUT2D eigenvalue weighted by atomic mass is 32.2. The molecule has 1 N–H and O–H groups in total. The fourth-order valence-electron chi connectivity index (χ4n) is 2.12. The summed E-state index contributed by atoms with van der Waals surface area (Å²) in [5.41, 5.74) is 1.55. The van der Waals surface area contributed by atoms with E-state index in [9.17, 15) is 8.42 Å². The number of nitrogens with zero attached hydrogens (tertiary/aromatic N) is 1. The predicted octanol–water partition coefficient (Wildman–Crippen LogP) is 3.01. The second-order valence-corrected chi connectivity index (χ2v) is 6.68. The van der Waals surface area contributed by atoms with Gasteiger partial charge in [0.1, 0.15) is 4.90 Å². The summed E-state index contributed by atoms with van der Waals surface area (Å²) in [6.45, 7) is 4.50. The van der Waals surface area contributed by atoms with Crippen molar-refractivity contribution in [3.8, 4) is 0 Å². The Kier molecular flexibility index (Phi) is 4.73. The molecule has 0 spiro atoms. The number of sulfonamides is 1. The number of pyridine rings is 1. The van der Waals surface area contributed by atoms with Gasteiger partial charge in [0.2, 0.25) is 10.0 Å². The van der Waals surface area contributed by atoms with E-state index in [-0.39, 0.29) is 4.90 Å². The monoisotopic (exact) mass is 292 g/mol. The molecule has 0 aliphatic carbocycles. The molecule has 1 aromatic carbocycles. The Morgan fingerprint density at radius 1 is 1.25 bits per heavy atom. The summed E-state index contributed by atoms with van der Waals surface area (Å²) in [4.78, 5) is 4.53. The zero-order chi connectivity index (χ0) is 14.6. The number of aromatic nitrogens is 1. The third-order valence-corrected chi connectivity index (χ3v) is 4.67. The first-order valence-corrected chi connectivity index (χ1v) is 8.38. The van der Waals surface area contributed by atoms with Crippen LogP contribution in [0.4, 0.5) is 0 Å². The number of hydrogen-bond donors (Lipinski definition) is 1. The molecule has 0 saturated heterocycles. The molecule has 0 saturated carbocycles. The molecule has 1 heterocycles. The van der Waals surface area contributed by atoms with Gasteiger partial charge in [0.05, 0.1) is 5.52 Å². The van der Waals surface area contributed by atoms with E-state index in [2.05, 4.69) is 16.6 Å². The zero-order valence-corrected chi connectivity index (χ0v) is 12.7. The third-order valence-electron chi connectivity index (χ3n) is 3.17. The van der Waals surface area contributed by atoms with Crippen molar-refractivity contribution < 1.29 is 8.42 Å². The Balaban J connectivity index is 2.32. The van der Waals surface area contributed by atoms with E-state index in [1.54, 1.807) is 18.3 Å². The first kappa shape index (κ1) is 14.9.